The summed E-state index contributed by atoms with van der Waals surface area (Å²) in [5.41, 5.74) is 2.32. The van der Waals surface area contributed by atoms with Crippen LogP contribution in [0.1, 0.15) is 53.1 Å². The van der Waals surface area contributed by atoms with Crippen LogP contribution in [-0.2, 0) is 10.8 Å². The largest absolute Gasteiger partial charge is 0.287 e. The first-order valence-electron chi connectivity index (χ1n) is 6.04. The second-order valence-corrected chi connectivity index (χ2v) is 6.65. The minimum absolute atomic E-state index is 0.0141. The summed E-state index contributed by atoms with van der Waals surface area (Å²) in [5, 5.41) is 0. The lowest BCUT2D eigenvalue weighted by Gasteiger charge is -2.24. The zero-order valence-electron chi connectivity index (χ0n) is 11.6. The predicted octanol–water partition coefficient (Wildman–Crippen LogP) is 3.32. The standard InChI is InChI=1S/C14H21N3/c1-13(2,3)11-7-10-8-15-9-17(10)12(16-11)14(4,5)6/h7-9H,1-6H3. The number of aromatic nitrogens is 3. The summed E-state index contributed by atoms with van der Waals surface area (Å²) in [7, 11) is 0. The van der Waals surface area contributed by atoms with E-state index in [4.69, 9.17) is 4.98 Å². The molecule has 0 amide bonds. The number of imidazole rings is 1. The highest BCUT2D eigenvalue weighted by molar-refractivity contribution is 5.48. The summed E-state index contributed by atoms with van der Waals surface area (Å²) in [6.07, 6.45) is 3.74. The van der Waals surface area contributed by atoms with E-state index in [9.17, 15) is 0 Å². The molecule has 0 unspecified atom stereocenters. The lowest BCUT2D eigenvalue weighted by molar-refractivity contribution is 0.508. The molecular formula is C14H21N3. The fourth-order valence-corrected chi connectivity index (χ4v) is 1.84. The molecule has 2 rings (SSSR count). The summed E-state index contributed by atoms with van der Waals surface area (Å²) in [5.74, 6) is 1.07. The summed E-state index contributed by atoms with van der Waals surface area (Å²) in [6.45, 7) is 13.1. The van der Waals surface area contributed by atoms with Crippen molar-refractivity contribution in [3.05, 3.63) is 30.1 Å². The minimum atomic E-state index is 0.0141. The highest BCUT2D eigenvalue weighted by Gasteiger charge is 2.24. The van der Waals surface area contributed by atoms with Crippen molar-refractivity contribution in [1.29, 1.82) is 0 Å². The molecule has 92 valence electrons. The van der Waals surface area contributed by atoms with Gasteiger partial charge in [-0.25, -0.2) is 9.97 Å². The van der Waals surface area contributed by atoms with Crippen molar-refractivity contribution in [2.24, 2.45) is 0 Å². The van der Waals surface area contributed by atoms with E-state index in [-0.39, 0.29) is 10.8 Å². The first kappa shape index (κ1) is 12.1. The third kappa shape index (κ3) is 2.19. The molecule has 2 heterocycles. The maximum absolute atomic E-state index is 4.84. The molecule has 0 aliphatic rings. The van der Waals surface area contributed by atoms with E-state index in [0.717, 1.165) is 17.0 Å². The smallest absolute Gasteiger partial charge is 0.120 e. The summed E-state index contributed by atoms with van der Waals surface area (Å²) in [4.78, 5) is 9.06. The van der Waals surface area contributed by atoms with Gasteiger partial charge in [0.25, 0.3) is 0 Å². The maximum atomic E-state index is 4.84. The third-order valence-corrected chi connectivity index (χ3v) is 2.85. The molecule has 2 aromatic rings. The van der Waals surface area contributed by atoms with Gasteiger partial charge in [-0.15, -0.1) is 0 Å². The van der Waals surface area contributed by atoms with Gasteiger partial charge in [-0.3, -0.25) is 4.40 Å². The van der Waals surface area contributed by atoms with E-state index in [1.165, 1.54) is 0 Å². The quantitative estimate of drug-likeness (QED) is 0.696. The van der Waals surface area contributed by atoms with E-state index in [1.807, 2.05) is 12.5 Å². The van der Waals surface area contributed by atoms with Gasteiger partial charge in [-0.05, 0) is 6.07 Å². The molecule has 0 N–H and O–H groups in total. The third-order valence-electron chi connectivity index (χ3n) is 2.85. The van der Waals surface area contributed by atoms with Gasteiger partial charge in [0.1, 0.15) is 12.2 Å². The maximum Gasteiger partial charge on any atom is 0.120 e. The van der Waals surface area contributed by atoms with Gasteiger partial charge in [-0.1, -0.05) is 41.5 Å². The van der Waals surface area contributed by atoms with Crippen molar-refractivity contribution >= 4 is 5.52 Å². The van der Waals surface area contributed by atoms with E-state index < -0.39 is 0 Å². The molecule has 0 bridgehead atoms. The molecular weight excluding hydrogens is 210 g/mol. The van der Waals surface area contributed by atoms with Gasteiger partial charge in [0, 0.05) is 16.5 Å². The number of hydrogen-bond acceptors (Lipinski definition) is 2. The van der Waals surface area contributed by atoms with Crippen molar-refractivity contribution < 1.29 is 0 Å². The second-order valence-electron chi connectivity index (χ2n) is 6.65. The topological polar surface area (TPSA) is 30.2 Å². The van der Waals surface area contributed by atoms with E-state index in [0.29, 0.717) is 0 Å². The van der Waals surface area contributed by atoms with Gasteiger partial charge >= 0.3 is 0 Å². The summed E-state index contributed by atoms with van der Waals surface area (Å²) >= 11 is 0. The molecule has 0 fully saturated rings. The first-order chi connectivity index (χ1) is 7.69. The summed E-state index contributed by atoms with van der Waals surface area (Å²) < 4.78 is 2.08. The lowest BCUT2D eigenvalue weighted by atomic mass is 9.90. The Kier molecular flexibility index (Phi) is 2.53. The van der Waals surface area contributed by atoms with Crippen LogP contribution >= 0.6 is 0 Å². The van der Waals surface area contributed by atoms with Crippen LogP contribution in [0.2, 0.25) is 0 Å². The molecule has 0 saturated heterocycles. The van der Waals surface area contributed by atoms with Crippen molar-refractivity contribution in [3.63, 3.8) is 0 Å². The zero-order chi connectivity index (χ0) is 12.8. The second kappa shape index (κ2) is 3.56. The molecule has 0 spiro atoms. The van der Waals surface area contributed by atoms with Gasteiger partial charge < -0.3 is 0 Å². The fourth-order valence-electron chi connectivity index (χ4n) is 1.84. The Bertz CT molecular complexity index is 539. The van der Waals surface area contributed by atoms with Gasteiger partial charge in [0.15, 0.2) is 0 Å². The highest BCUT2D eigenvalue weighted by Crippen LogP contribution is 2.27. The normalized spacial score (nSPS) is 13.3. The molecule has 3 nitrogen and oxygen atoms in total. The van der Waals surface area contributed by atoms with Crippen LogP contribution in [-0.4, -0.2) is 14.4 Å². The van der Waals surface area contributed by atoms with Crippen LogP contribution in [0.25, 0.3) is 5.52 Å². The zero-order valence-corrected chi connectivity index (χ0v) is 11.6. The Balaban J connectivity index is 2.76. The van der Waals surface area contributed by atoms with Crippen molar-refractivity contribution in [1.82, 2.24) is 14.4 Å². The number of hydrogen-bond donors (Lipinski definition) is 0. The minimum Gasteiger partial charge on any atom is -0.287 e. The Morgan fingerprint density at radius 3 is 2.18 bits per heavy atom. The summed E-state index contributed by atoms with van der Waals surface area (Å²) in [6, 6.07) is 2.13. The molecule has 17 heavy (non-hydrogen) atoms. The average molecular weight is 231 g/mol. The van der Waals surface area contributed by atoms with E-state index >= 15 is 0 Å². The first-order valence-corrected chi connectivity index (χ1v) is 6.04. The SMILES string of the molecule is CC(C)(C)c1cc2cncn2c(C(C)(C)C)n1. The monoisotopic (exact) mass is 231 g/mol. The Hall–Kier alpha value is -1.38. The molecule has 0 aromatic carbocycles. The van der Waals surface area contributed by atoms with Crippen LogP contribution in [0, 0.1) is 0 Å². The van der Waals surface area contributed by atoms with Crippen LogP contribution in [0.15, 0.2) is 18.6 Å². The van der Waals surface area contributed by atoms with Gasteiger partial charge in [-0.2, -0.15) is 0 Å². The van der Waals surface area contributed by atoms with Crippen LogP contribution in [0.4, 0.5) is 0 Å². The Morgan fingerprint density at radius 2 is 1.65 bits per heavy atom. The lowest BCUT2D eigenvalue weighted by Crippen LogP contribution is -2.23. The molecule has 0 aliphatic heterocycles. The van der Waals surface area contributed by atoms with Crippen molar-refractivity contribution in [2.75, 3.05) is 0 Å². The molecule has 0 saturated carbocycles. The average Bonchev–Trinajstić information content (AvgIpc) is 2.59. The van der Waals surface area contributed by atoms with Gasteiger partial charge in [0.2, 0.25) is 0 Å². The molecule has 3 heteroatoms. The van der Waals surface area contributed by atoms with Gasteiger partial charge in [0.05, 0.1) is 11.7 Å². The number of rotatable bonds is 0. The van der Waals surface area contributed by atoms with Crippen molar-refractivity contribution in [2.45, 2.75) is 52.4 Å². The van der Waals surface area contributed by atoms with Crippen molar-refractivity contribution in [3.8, 4) is 0 Å². The number of nitrogens with zero attached hydrogens (tertiary/aromatic N) is 3. The Labute approximate surface area is 103 Å². The molecule has 0 aliphatic carbocycles. The predicted molar refractivity (Wildman–Crippen MR) is 70.4 cm³/mol. The highest BCUT2D eigenvalue weighted by atomic mass is 15.1. The van der Waals surface area contributed by atoms with Crippen LogP contribution in [0.5, 0.6) is 0 Å². The molecule has 0 atom stereocenters. The van der Waals surface area contributed by atoms with E-state index in [1.54, 1.807) is 0 Å². The Morgan fingerprint density at radius 1 is 1.00 bits per heavy atom. The molecule has 0 radical (unpaired) electrons. The van der Waals surface area contributed by atoms with E-state index in [2.05, 4.69) is 57.0 Å². The van der Waals surface area contributed by atoms with Crippen LogP contribution in [0.3, 0.4) is 0 Å². The molecule has 2 aromatic heterocycles. The fraction of sp³-hybridized carbons (Fsp3) is 0.571. The number of fused-ring (bicyclic) bond motifs is 1. The van der Waals surface area contributed by atoms with Crippen LogP contribution < -0.4 is 0 Å².